The molecule has 19 heavy (non-hydrogen) atoms. The topological polar surface area (TPSA) is 75.6 Å². The molecule has 1 saturated heterocycles. The Morgan fingerprint density at radius 3 is 2.79 bits per heavy atom. The first-order valence-electron chi connectivity index (χ1n) is 5.91. The van der Waals surface area contributed by atoms with Crippen LogP contribution in [0.15, 0.2) is 18.2 Å². The van der Waals surface area contributed by atoms with E-state index in [1.165, 1.54) is 0 Å². The van der Waals surface area contributed by atoms with Crippen molar-refractivity contribution in [1.29, 1.82) is 0 Å². The fourth-order valence-electron chi connectivity index (χ4n) is 1.97. The van der Waals surface area contributed by atoms with Crippen molar-refractivity contribution in [3.8, 4) is 0 Å². The number of hydrogen-bond acceptors (Lipinski definition) is 3. The number of carbonyl (C=O) groups excluding carboxylic acids is 1. The van der Waals surface area contributed by atoms with Crippen LogP contribution in [0.25, 0.3) is 0 Å². The molecule has 1 aromatic carbocycles. The number of halogens is 1. The number of ether oxygens (including phenoxy) is 1. The van der Waals surface area contributed by atoms with Gasteiger partial charge in [0.05, 0.1) is 11.3 Å². The monoisotopic (exact) mass is 267 g/mol. The van der Waals surface area contributed by atoms with E-state index in [0.29, 0.717) is 13.0 Å². The maximum atomic E-state index is 13.6. The van der Waals surface area contributed by atoms with E-state index in [4.69, 9.17) is 9.84 Å². The van der Waals surface area contributed by atoms with Crippen LogP contribution in [0.3, 0.4) is 0 Å². The summed E-state index contributed by atoms with van der Waals surface area (Å²) in [7, 11) is 0. The summed E-state index contributed by atoms with van der Waals surface area (Å²) in [6, 6.07) is 3.24. The third kappa shape index (κ3) is 2.73. The van der Waals surface area contributed by atoms with E-state index in [-0.39, 0.29) is 11.3 Å². The van der Waals surface area contributed by atoms with E-state index in [9.17, 15) is 14.0 Å². The average molecular weight is 267 g/mol. The van der Waals surface area contributed by atoms with E-state index in [1.54, 1.807) is 6.92 Å². The van der Waals surface area contributed by atoms with Crippen molar-refractivity contribution in [2.45, 2.75) is 25.4 Å². The van der Waals surface area contributed by atoms with E-state index in [2.05, 4.69) is 5.32 Å². The predicted molar refractivity (Wildman–Crippen MR) is 65.6 cm³/mol. The van der Waals surface area contributed by atoms with Gasteiger partial charge in [-0.05, 0) is 38.0 Å². The number of rotatable bonds is 3. The summed E-state index contributed by atoms with van der Waals surface area (Å²) in [6.45, 7) is 2.12. The quantitative estimate of drug-likeness (QED) is 0.878. The number of carboxylic acids is 1. The smallest absolute Gasteiger partial charge is 0.335 e. The van der Waals surface area contributed by atoms with Crippen molar-refractivity contribution in [2.75, 3.05) is 11.9 Å². The second kappa shape index (κ2) is 4.97. The number of benzene rings is 1. The van der Waals surface area contributed by atoms with Crippen LogP contribution >= 0.6 is 0 Å². The molecule has 0 spiro atoms. The first-order chi connectivity index (χ1) is 8.92. The summed E-state index contributed by atoms with van der Waals surface area (Å²) in [5.41, 5.74) is -1.22. The van der Waals surface area contributed by atoms with Crippen molar-refractivity contribution in [1.82, 2.24) is 0 Å². The van der Waals surface area contributed by atoms with Gasteiger partial charge in [-0.3, -0.25) is 4.79 Å². The Morgan fingerprint density at radius 2 is 2.21 bits per heavy atom. The van der Waals surface area contributed by atoms with Crippen molar-refractivity contribution in [3.63, 3.8) is 0 Å². The molecule has 0 bridgehead atoms. The lowest BCUT2D eigenvalue weighted by molar-refractivity contribution is -0.133. The maximum Gasteiger partial charge on any atom is 0.335 e. The molecular formula is C13H14FNO4. The molecule has 2 rings (SSSR count). The van der Waals surface area contributed by atoms with E-state index in [0.717, 1.165) is 24.6 Å². The normalized spacial score (nSPS) is 22.2. The number of anilines is 1. The Bertz CT molecular complexity index is 523. The largest absolute Gasteiger partial charge is 0.478 e. The number of carbonyl (C=O) groups is 2. The Labute approximate surface area is 109 Å². The molecule has 1 heterocycles. The molecular weight excluding hydrogens is 253 g/mol. The van der Waals surface area contributed by atoms with Gasteiger partial charge in [-0.15, -0.1) is 0 Å². The lowest BCUT2D eigenvalue weighted by atomic mass is 10.0. The highest BCUT2D eigenvalue weighted by molar-refractivity contribution is 5.98. The molecule has 0 saturated carbocycles. The maximum absolute atomic E-state index is 13.6. The summed E-state index contributed by atoms with van der Waals surface area (Å²) < 4.78 is 18.9. The third-order valence-corrected chi connectivity index (χ3v) is 3.16. The minimum atomic E-state index is -1.18. The number of carboxylic acid groups (broad SMARTS) is 1. The number of nitrogens with one attached hydrogen (secondary N) is 1. The number of aromatic carboxylic acids is 1. The lowest BCUT2D eigenvalue weighted by Crippen LogP contribution is -2.39. The zero-order chi connectivity index (χ0) is 14.0. The van der Waals surface area contributed by atoms with Crippen LogP contribution < -0.4 is 5.32 Å². The second-order valence-electron chi connectivity index (χ2n) is 4.64. The number of amides is 1. The van der Waals surface area contributed by atoms with Gasteiger partial charge in [-0.1, -0.05) is 0 Å². The molecule has 1 aliphatic heterocycles. The van der Waals surface area contributed by atoms with E-state index < -0.39 is 23.3 Å². The molecule has 5 nitrogen and oxygen atoms in total. The summed E-state index contributed by atoms with van der Waals surface area (Å²) >= 11 is 0. The van der Waals surface area contributed by atoms with Crippen molar-refractivity contribution >= 4 is 17.6 Å². The SMILES string of the molecule is CC1(C(=O)Nc2cc(C(=O)O)ccc2F)CCCO1. The van der Waals surface area contributed by atoms with Gasteiger partial charge in [-0.2, -0.15) is 0 Å². The second-order valence-corrected chi connectivity index (χ2v) is 4.64. The molecule has 6 heteroatoms. The third-order valence-electron chi connectivity index (χ3n) is 3.16. The number of hydrogen-bond donors (Lipinski definition) is 2. The Kier molecular flexibility index (Phi) is 3.53. The Balaban J connectivity index is 2.20. The molecule has 1 unspecified atom stereocenters. The first kappa shape index (κ1) is 13.5. The molecule has 1 amide bonds. The van der Waals surface area contributed by atoms with Gasteiger partial charge in [0.1, 0.15) is 11.4 Å². The Hall–Kier alpha value is -1.95. The summed E-state index contributed by atoms with van der Waals surface area (Å²) in [4.78, 5) is 22.8. The molecule has 102 valence electrons. The van der Waals surface area contributed by atoms with Crippen LogP contribution in [0, 0.1) is 5.82 Å². The zero-order valence-corrected chi connectivity index (χ0v) is 10.4. The van der Waals surface area contributed by atoms with Crippen LogP contribution in [0.4, 0.5) is 10.1 Å². The average Bonchev–Trinajstić information content (AvgIpc) is 2.80. The van der Waals surface area contributed by atoms with Gasteiger partial charge >= 0.3 is 5.97 Å². The summed E-state index contributed by atoms with van der Waals surface area (Å²) in [5.74, 6) is -2.33. The molecule has 0 radical (unpaired) electrons. The van der Waals surface area contributed by atoms with Crippen molar-refractivity contribution in [2.24, 2.45) is 0 Å². The van der Waals surface area contributed by atoms with Gasteiger partial charge in [-0.25, -0.2) is 9.18 Å². The fraction of sp³-hybridized carbons (Fsp3) is 0.385. The highest BCUT2D eigenvalue weighted by atomic mass is 19.1. The van der Waals surface area contributed by atoms with Crippen LogP contribution in [0.1, 0.15) is 30.1 Å². The minimum absolute atomic E-state index is 0.0887. The molecule has 1 aromatic rings. The predicted octanol–water partition coefficient (Wildman–Crippen LogP) is 2.03. The molecule has 1 atom stereocenters. The highest BCUT2D eigenvalue weighted by Gasteiger charge is 2.38. The van der Waals surface area contributed by atoms with Crippen LogP contribution in [-0.2, 0) is 9.53 Å². The molecule has 0 aromatic heterocycles. The fourth-order valence-corrected chi connectivity index (χ4v) is 1.97. The standard InChI is InChI=1S/C13H14FNO4/c1-13(5-2-6-19-13)12(18)15-10-7-8(11(16)17)3-4-9(10)14/h3-4,7H,2,5-6H2,1H3,(H,15,18)(H,16,17). The van der Waals surface area contributed by atoms with Crippen molar-refractivity contribution < 1.29 is 23.8 Å². The van der Waals surface area contributed by atoms with Gasteiger partial charge < -0.3 is 15.2 Å². The Morgan fingerprint density at radius 1 is 1.47 bits per heavy atom. The van der Waals surface area contributed by atoms with Gasteiger partial charge in [0.15, 0.2) is 0 Å². The minimum Gasteiger partial charge on any atom is -0.478 e. The van der Waals surface area contributed by atoms with Crippen LogP contribution in [0.5, 0.6) is 0 Å². The molecule has 1 fully saturated rings. The van der Waals surface area contributed by atoms with Gasteiger partial charge in [0.25, 0.3) is 5.91 Å². The molecule has 0 aliphatic carbocycles. The summed E-state index contributed by atoms with van der Waals surface area (Å²) in [6.07, 6.45) is 1.32. The van der Waals surface area contributed by atoms with Crippen LogP contribution in [-0.4, -0.2) is 29.2 Å². The van der Waals surface area contributed by atoms with E-state index in [1.807, 2.05) is 0 Å². The van der Waals surface area contributed by atoms with Crippen LogP contribution in [0.2, 0.25) is 0 Å². The highest BCUT2D eigenvalue weighted by Crippen LogP contribution is 2.27. The molecule has 1 aliphatic rings. The lowest BCUT2D eigenvalue weighted by Gasteiger charge is -2.22. The van der Waals surface area contributed by atoms with Gasteiger partial charge in [0, 0.05) is 6.61 Å². The van der Waals surface area contributed by atoms with E-state index >= 15 is 0 Å². The first-order valence-corrected chi connectivity index (χ1v) is 5.91. The molecule has 2 N–H and O–H groups in total. The zero-order valence-electron chi connectivity index (χ0n) is 10.4. The summed E-state index contributed by atoms with van der Waals surface area (Å²) in [5, 5.41) is 11.2. The van der Waals surface area contributed by atoms with Gasteiger partial charge in [0.2, 0.25) is 0 Å². The van der Waals surface area contributed by atoms with Crippen molar-refractivity contribution in [3.05, 3.63) is 29.6 Å².